The number of amides is 3. The Bertz CT molecular complexity index is 1700. The van der Waals surface area contributed by atoms with Crippen LogP contribution >= 0.6 is 27.7 Å². The van der Waals surface area contributed by atoms with Crippen molar-refractivity contribution in [3.8, 4) is 0 Å². The molecule has 0 spiro atoms. The van der Waals surface area contributed by atoms with E-state index in [4.69, 9.17) is 0 Å². The molecule has 0 radical (unpaired) electrons. The smallest absolute Gasteiger partial charge is 0.242 e. The standard InChI is InChI=1S/C35H37BrN4O3S/c1-22-4-11-28(12-5-22)44-35(34(43)39-16-14-27(15-17-39)38-24(3)41)19-32(42)40(21-25-7-9-26(36)10-8-25)33(35)30-20-37-31-18-23(2)6-13-29(30)31/h4-13,18,20,27,33,37H,14-17,19,21H2,1-3H3,(H,38,41)/t33-,35?/m0/s1. The Morgan fingerprint density at radius 3 is 2.36 bits per heavy atom. The highest BCUT2D eigenvalue weighted by molar-refractivity contribution is 9.10. The number of carbonyl (C=O) groups is 3. The molecule has 2 aliphatic rings. The van der Waals surface area contributed by atoms with Crippen molar-refractivity contribution in [3.63, 3.8) is 0 Å². The normalized spacial score (nSPS) is 20.8. The number of thioether (sulfide) groups is 1. The van der Waals surface area contributed by atoms with Crippen molar-refractivity contribution in [1.29, 1.82) is 0 Å². The number of hydrogen-bond donors (Lipinski definition) is 2. The van der Waals surface area contributed by atoms with Crippen LogP contribution in [0.15, 0.2) is 82.3 Å². The van der Waals surface area contributed by atoms with Gasteiger partial charge in [-0.15, -0.1) is 11.8 Å². The number of halogens is 1. The number of aryl methyl sites for hydroxylation is 2. The molecule has 0 saturated carbocycles. The van der Waals surface area contributed by atoms with Crippen LogP contribution in [0.3, 0.4) is 0 Å². The van der Waals surface area contributed by atoms with Crippen molar-refractivity contribution in [2.24, 2.45) is 0 Å². The van der Waals surface area contributed by atoms with Crippen molar-refractivity contribution in [2.75, 3.05) is 13.1 Å². The maximum absolute atomic E-state index is 15.0. The second-order valence-corrected chi connectivity index (χ2v) is 14.4. The first kappa shape index (κ1) is 30.5. The molecule has 3 heterocycles. The summed E-state index contributed by atoms with van der Waals surface area (Å²) in [6, 6.07) is 22.0. The predicted molar refractivity (Wildman–Crippen MR) is 178 cm³/mol. The largest absolute Gasteiger partial charge is 0.361 e. The number of fused-ring (bicyclic) bond motifs is 1. The van der Waals surface area contributed by atoms with E-state index >= 15 is 4.79 Å². The first-order chi connectivity index (χ1) is 21.1. The number of likely N-dealkylation sites (tertiary alicyclic amines) is 2. The molecule has 1 aromatic heterocycles. The van der Waals surface area contributed by atoms with Gasteiger partial charge in [-0.25, -0.2) is 0 Å². The molecule has 44 heavy (non-hydrogen) atoms. The summed E-state index contributed by atoms with van der Waals surface area (Å²) < 4.78 is -0.123. The molecule has 0 aliphatic carbocycles. The third kappa shape index (κ3) is 6.04. The molecular weight excluding hydrogens is 636 g/mol. The van der Waals surface area contributed by atoms with Crippen LogP contribution in [0, 0.1) is 13.8 Å². The Morgan fingerprint density at radius 1 is 1.00 bits per heavy atom. The van der Waals surface area contributed by atoms with Gasteiger partial charge < -0.3 is 20.1 Å². The molecule has 3 aromatic carbocycles. The van der Waals surface area contributed by atoms with Gasteiger partial charge in [-0.1, -0.05) is 57.9 Å². The third-order valence-electron chi connectivity index (χ3n) is 8.79. The quantitative estimate of drug-likeness (QED) is 0.229. The molecule has 228 valence electrons. The maximum Gasteiger partial charge on any atom is 0.242 e. The van der Waals surface area contributed by atoms with Gasteiger partial charge in [0.15, 0.2) is 0 Å². The summed E-state index contributed by atoms with van der Waals surface area (Å²) in [4.78, 5) is 49.2. The lowest BCUT2D eigenvalue weighted by Crippen LogP contribution is -2.54. The van der Waals surface area contributed by atoms with Crippen molar-refractivity contribution in [1.82, 2.24) is 20.1 Å². The number of hydrogen-bond acceptors (Lipinski definition) is 4. The van der Waals surface area contributed by atoms with E-state index in [-0.39, 0.29) is 30.2 Å². The molecule has 6 rings (SSSR count). The van der Waals surface area contributed by atoms with Gasteiger partial charge in [-0.3, -0.25) is 14.4 Å². The van der Waals surface area contributed by atoms with E-state index in [9.17, 15) is 9.59 Å². The molecule has 2 atom stereocenters. The van der Waals surface area contributed by atoms with Crippen LogP contribution in [0.1, 0.15) is 54.5 Å². The predicted octanol–water partition coefficient (Wildman–Crippen LogP) is 6.68. The van der Waals surface area contributed by atoms with Gasteiger partial charge in [0.1, 0.15) is 4.75 Å². The van der Waals surface area contributed by atoms with E-state index in [0.717, 1.165) is 42.5 Å². The number of aromatic nitrogens is 1. The Kier molecular flexibility index (Phi) is 8.61. The van der Waals surface area contributed by atoms with Crippen molar-refractivity contribution in [3.05, 3.63) is 99.7 Å². The number of nitrogens with one attached hydrogen (secondary N) is 2. The zero-order valence-electron chi connectivity index (χ0n) is 25.2. The Morgan fingerprint density at radius 2 is 1.68 bits per heavy atom. The summed E-state index contributed by atoms with van der Waals surface area (Å²) in [6.07, 6.45) is 3.45. The van der Waals surface area contributed by atoms with Gasteiger partial charge in [0.05, 0.1) is 12.5 Å². The lowest BCUT2D eigenvalue weighted by molar-refractivity contribution is -0.136. The van der Waals surface area contributed by atoms with Crippen LogP contribution in [-0.4, -0.2) is 56.4 Å². The zero-order valence-corrected chi connectivity index (χ0v) is 27.6. The second-order valence-electron chi connectivity index (χ2n) is 12.1. The number of nitrogens with zero attached hydrogens (tertiary/aromatic N) is 2. The molecule has 1 unspecified atom stereocenters. The average Bonchev–Trinajstić information content (AvgIpc) is 3.52. The van der Waals surface area contributed by atoms with Crippen LogP contribution < -0.4 is 5.32 Å². The van der Waals surface area contributed by atoms with Gasteiger partial charge >= 0.3 is 0 Å². The van der Waals surface area contributed by atoms with E-state index in [1.807, 2.05) is 47.2 Å². The second kappa shape index (κ2) is 12.4. The van der Waals surface area contributed by atoms with Gasteiger partial charge in [0, 0.05) is 64.6 Å². The minimum Gasteiger partial charge on any atom is -0.361 e. The summed E-state index contributed by atoms with van der Waals surface area (Å²) in [6.45, 7) is 7.09. The fourth-order valence-electron chi connectivity index (χ4n) is 6.62. The topological polar surface area (TPSA) is 85.5 Å². The fourth-order valence-corrected chi connectivity index (χ4v) is 8.35. The maximum atomic E-state index is 15.0. The highest BCUT2D eigenvalue weighted by atomic mass is 79.9. The van der Waals surface area contributed by atoms with Gasteiger partial charge in [-0.05, 0) is 68.1 Å². The Hall–Kier alpha value is -3.56. The molecule has 3 amide bonds. The third-order valence-corrected chi connectivity index (χ3v) is 10.7. The van der Waals surface area contributed by atoms with Crippen molar-refractivity contribution in [2.45, 2.75) is 68.3 Å². The highest BCUT2D eigenvalue weighted by Gasteiger charge is 2.59. The molecular formula is C35H37BrN4O3S. The van der Waals surface area contributed by atoms with Gasteiger partial charge in [0.25, 0.3) is 0 Å². The Labute approximate surface area is 270 Å². The van der Waals surface area contributed by atoms with E-state index < -0.39 is 10.8 Å². The average molecular weight is 674 g/mol. The number of benzene rings is 3. The number of aromatic amines is 1. The Balaban J connectivity index is 1.47. The number of piperidine rings is 1. The van der Waals surface area contributed by atoms with E-state index in [0.29, 0.717) is 32.5 Å². The van der Waals surface area contributed by atoms with E-state index in [1.54, 1.807) is 0 Å². The van der Waals surface area contributed by atoms with Crippen molar-refractivity contribution >= 4 is 56.3 Å². The van der Waals surface area contributed by atoms with Gasteiger partial charge in [-0.2, -0.15) is 0 Å². The van der Waals surface area contributed by atoms with Crippen LogP contribution in [0.2, 0.25) is 0 Å². The lowest BCUT2D eigenvalue weighted by Gasteiger charge is -2.41. The molecule has 2 saturated heterocycles. The highest BCUT2D eigenvalue weighted by Crippen LogP contribution is 2.55. The monoisotopic (exact) mass is 672 g/mol. The van der Waals surface area contributed by atoms with Crippen LogP contribution in [0.25, 0.3) is 10.9 Å². The minimum atomic E-state index is -1.09. The summed E-state index contributed by atoms with van der Waals surface area (Å²) in [5, 5.41) is 4.03. The number of H-pyrrole nitrogens is 1. The minimum absolute atomic E-state index is 0.0255. The van der Waals surface area contributed by atoms with E-state index in [2.05, 4.69) is 75.6 Å². The summed E-state index contributed by atoms with van der Waals surface area (Å²) in [7, 11) is 0. The van der Waals surface area contributed by atoms with E-state index in [1.165, 1.54) is 18.7 Å². The lowest BCUT2D eigenvalue weighted by atomic mass is 9.89. The van der Waals surface area contributed by atoms with Gasteiger partial charge in [0.2, 0.25) is 17.7 Å². The molecule has 0 bridgehead atoms. The fraction of sp³-hybridized carbons (Fsp3) is 0.343. The molecule has 9 heteroatoms. The van der Waals surface area contributed by atoms with Crippen LogP contribution in [-0.2, 0) is 20.9 Å². The number of rotatable bonds is 7. The van der Waals surface area contributed by atoms with Crippen molar-refractivity contribution < 1.29 is 14.4 Å². The first-order valence-electron chi connectivity index (χ1n) is 15.1. The molecule has 4 aromatic rings. The first-order valence-corrected chi connectivity index (χ1v) is 16.7. The molecule has 2 aliphatic heterocycles. The molecule has 2 N–H and O–H groups in total. The van der Waals surface area contributed by atoms with Crippen LogP contribution in [0.5, 0.6) is 0 Å². The summed E-state index contributed by atoms with van der Waals surface area (Å²) in [5.41, 5.74) is 5.21. The summed E-state index contributed by atoms with van der Waals surface area (Å²) in [5.74, 6) is -0.122. The molecule has 2 fully saturated rings. The molecule has 7 nitrogen and oxygen atoms in total. The van der Waals surface area contributed by atoms with Crippen LogP contribution in [0.4, 0.5) is 0 Å². The SMILES string of the molecule is CC(=O)NC1CCN(C(=O)C2(Sc3ccc(C)cc3)CC(=O)N(Cc3ccc(Br)cc3)[C@H]2c2c[nH]c3cc(C)ccc23)CC1. The number of carbonyl (C=O) groups excluding carboxylic acids is 3. The zero-order chi connectivity index (χ0) is 31.0. The summed E-state index contributed by atoms with van der Waals surface area (Å²) >= 11 is 5.04.